The molecule has 4 rings (SSSR count). The molecular weight excluding hydrogens is 401 g/mol. The first-order valence-electron chi connectivity index (χ1n) is 9.86. The van der Waals surface area contributed by atoms with Crippen LogP contribution in [0.25, 0.3) is 0 Å². The molecule has 2 aromatic carbocycles. The van der Waals surface area contributed by atoms with Crippen LogP contribution in [-0.4, -0.2) is 24.9 Å². The standard InChI is InChI=1S/C23H22FN3O2S/c24-19-14-18(9-10-20(19)27-11-1-2-12-27)26-22(28)17-7-5-16(6-8-17)15-25-23(29)21-4-3-13-30-21/h3-10,13-14H,1-2,11-12,15H2,(H,25,29)(H,26,28). The predicted octanol–water partition coefficient (Wildman–Crippen LogP) is 4.67. The number of rotatable bonds is 6. The van der Waals surface area contributed by atoms with Crippen LogP contribution in [0.1, 0.15) is 38.4 Å². The van der Waals surface area contributed by atoms with Gasteiger partial charge in [0, 0.05) is 30.9 Å². The van der Waals surface area contributed by atoms with Crippen LogP contribution < -0.4 is 15.5 Å². The molecule has 2 heterocycles. The van der Waals surface area contributed by atoms with Crippen LogP contribution >= 0.6 is 11.3 Å². The van der Waals surface area contributed by atoms with Gasteiger partial charge >= 0.3 is 0 Å². The lowest BCUT2D eigenvalue weighted by molar-refractivity contribution is 0.0953. The zero-order valence-corrected chi connectivity index (χ0v) is 17.2. The Hall–Kier alpha value is -3.19. The van der Waals surface area contributed by atoms with E-state index in [1.54, 1.807) is 42.5 Å². The minimum absolute atomic E-state index is 0.119. The molecule has 1 aromatic heterocycles. The SMILES string of the molecule is O=C(Nc1ccc(N2CCCC2)c(F)c1)c1ccc(CNC(=O)c2cccs2)cc1. The molecule has 1 aliphatic heterocycles. The van der Waals surface area contributed by atoms with Gasteiger partial charge in [-0.2, -0.15) is 0 Å². The van der Waals surface area contributed by atoms with Gasteiger partial charge in [-0.25, -0.2) is 4.39 Å². The highest BCUT2D eigenvalue weighted by Crippen LogP contribution is 2.26. The van der Waals surface area contributed by atoms with E-state index in [9.17, 15) is 14.0 Å². The fourth-order valence-electron chi connectivity index (χ4n) is 3.45. The Morgan fingerprint density at radius 2 is 1.77 bits per heavy atom. The number of thiophene rings is 1. The number of benzene rings is 2. The lowest BCUT2D eigenvalue weighted by Gasteiger charge is -2.18. The van der Waals surface area contributed by atoms with Crippen molar-refractivity contribution in [2.24, 2.45) is 0 Å². The number of amides is 2. The number of nitrogens with one attached hydrogen (secondary N) is 2. The molecule has 1 saturated heterocycles. The van der Waals surface area contributed by atoms with Gasteiger partial charge in [0.15, 0.2) is 0 Å². The van der Waals surface area contributed by atoms with E-state index in [0.29, 0.717) is 28.4 Å². The van der Waals surface area contributed by atoms with Crippen molar-refractivity contribution in [3.63, 3.8) is 0 Å². The number of halogens is 1. The van der Waals surface area contributed by atoms with E-state index in [-0.39, 0.29) is 17.6 Å². The summed E-state index contributed by atoms with van der Waals surface area (Å²) in [4.78, 5) is 27.2. The highest BCUT2D eigenvalue weighted by Gasteiger charge is 2.17. The van der Waals surface area contributed by atoms with Gasteiger partial charge in [-0.15, -0.1) is 11.3 Å². The van der Waals surface area contributed by atoms with Crippen molar-refractivity contribution >= 4 is 34.5 Å². The number of hydrogen-bond donors (Lipinski definition) is 2. The van der Waals surface area contributed by atoms with Gasteiger partial charge in [0.1, 0.15) is 5.82 Å². The van der Waals surface area contributed by atoms with Gasteiger partial charge < -0.3 is 15.5 Å². The Labute approximate surface area is 178 Å². The molecule has 2 N–H and O–H groups in total. The topological polar surface area (TPSA) is 61.4 Å². The molecule has 154 valence electrons. The zero-order valence-electron chi connectivity index (χ0n) is 16.4. The van der Waals surface area contributed by atoms with Crippen molar-refractivity contribution in [2.45, 2.75) is 19.4 Å². The highest BCUT2D eigenvalue weighted by atomic mass is 32.1. The summed E-state index contributed by atoms with van der Waals surface area (Å²) in [7, 11) is 0. The predicted molar refractivity (Wildman–Crippen MR) is 118 cm³/mol. The second-order valence-corrected chi connectivity index (χ2v) is 8.12. The smallest absolute Gasteiger partial charge is 0.261 e. The largest absolute Gasteiger partial charge is 0.369 e. The molecular formula is C23H22FN3O2S. The van der Waals surface area contributed by atoms with E-state index in [0.717, 1.165) is 31.5 Å². The molecule has 7 heteroatoms. The maximum Gasteiger partial charge on any atom is 0.261 e. The van der Waals surface area contributed by atoms with Crippen molar-refractivity contribution < 1.29 is 14.0 Å². The van der Waals surface area contributed by atoms with Crippen LogP contribution in [0.5, 0.6) is 0 Å². The number of hydrogen-bond acceptors (Lipinski definition) is 4. The van der Waals surface area contributed by atoms with Crippen molar-refractivity contribution in [3.8, 4) is 0 Å². The van der Waals surface area contributed by atoms with E-state index in [1.165, 1.54) is 17.4 Å². The van der Waals surface area contributed by atoms with Crippen molar-refractivity contribution in [1.82, 2.24) is 5.32 Å². The van der Waals surface area contributed by atoms with Crippen LogP contribution in [0, 0.1) is 5.82 Å². The van der Waals surface area contributed by atoms with Gasteiger partial charge in [0.2, 0.25) is 0 Å². The average molecular weight is 424 g/mol. The second kappa shape index (κ2) is 9.09. The summed E-state index contributed by atoms with van der Waals surface area (Å²) in [5.74, 6) is -0.754. The first kappa shape index (κ1) is 20.1. The number of carbonyl (C=O) groups is 2. The molecule has 5 nitrogen and oxygen atoms in total. The molecule has 30 heavy (non-hydrogen) atoms. The van der Waals surface area contributed by atoms with E-state index in [4.69, 9.17) is 0 Å². The third-order valence-electron chi connectivity index (χ3n) is 5.07. The third kappa shape index (κ3) is 4.68. The van der Waals surface area contributed by atoms with Gasteiger partial charge in [0.05, 0.1) is 10.6 Å². The van der Waals surface area contributed by atoms with Crippen LogP contribution in [0.2, 0.25) is 0 Å². The Balaban J connectivity index is 1.34. The molecule has 0 unspecified atom stereocenters. The summed E-state index contributed by atoms with van der Waals surface area (Å²) in [5, 5.41) is 7.44. The second-order valence-electron chi connectivity index (χ2n) is 7.17. The molecule has 0 saturated carbocycles. The van der Waals surface area contributed by atoms with Crippen LogP contribution in [0.15, 0.2) is 60.0 Å². The van der Waals surface area contributed by atoms with E-state index >= 15 is 0 Å². The zero-order chi connectivity index (χ0) is 20.9. The first-order valence-corrected chi connectivity index (χ1v) is 10.7. The molecule has 3 aromatic rings. The third-order valence-corrected chi connectivity index (χ3v) is 5.94. The molecule has 1 fully saturated rings. The summed E-state index contributed by atoms with van der Waals surface area (Å²) >= 11 is 1.39. The van der Waals surface area contributed by atoms with Crippen molar-refractivity contribution in [3.05, 3.63) is 81.8 Å². The maximum absolute atomic E-state index is 14.4. The van der Waals surface area contributed by atoms with E-state index in [2.05, 4.69) is 10.6 Å². The normalized spacial score (nSPS) is 13.3. The minimum atomic E-state index is -0.327. The van der Waals surface area contributed by atoms with Gasteiger partial charge in [-0.1, -0.05) is 18.2 Å². The molecule has 0 spiro atoms. The van der Waals surface area contributed by atoms with E-state index in [1.807, 2.05) is 16.3 Å². The highest BCUT2D eigenvalue weighted by molar-refractivity contribution is 7.12. The van der Waals surface area contributed by atoms with Gasteiger partial charge in [0.25, 0.3) is 11.8 Å². The molecule has 0 bridgehead atoms. The fraction of sp³-hybridized carbons (Fsp3) is 0.217. The number of nitrogens with zero attached hydrogens (tertiary/aromatic N) is 1. The fourth-order valence-corrected chi connectivity index (χ4v) is 4.09. The van der Waals surface area contributed by atoms with E-state index < -0.39 is 0 Å². The summed E-state index contributed by atoms with van der Waals surface area (Å²) < 4.78 is 14.4. The molecule has 1 aliphatic rings. The maximum atomic E-state index is 14.4. The van der Waals surface area contributed by atoms with Crippen LogP contribution in [-0.2, 0) is 6.54 Å². The van der Waals surface area contributed by atoms with Crippen LogP contribution in [0.4, 0.5) is 15.8 Å². The Morgan fingerprint density at radius 3 is 2.43 bits per heavy atom. The Kier molecular flexibility index (Phi) is 6.09. The monoisotopic (exact) mass is 423 g/mol. The number of carbonyl (C=O) groups excluding carboxylic acids is 2. The van der Waals surface area contributed by atoms with Crippen molar-refractivity contribution in [2.75, 3.05) is 23.3 Å². The quantitative estimate of drug-likeness (QED) is 0.606. The number of anilines is 2. The minimum Gasteiger partial charge on any atom is -0.369 e. The summed E-state index contributed by atoms with van der Waals surface area (Å²) in [6.45, 7) is 2.10. The summed E-state index contributed by atoms with van der Waals surface area (Å²) in [6, 6.07) is 15.4. The van der Waals surface area contributed by atoms with Crippen LogP contribution in [0.3, 0.4) is 0 Å². The molecule has 2 amide bonds. The molecule has 0 atom stereocenters. The van der Waals surface area contributed by atoms with Gasteiger partial charge in [-0.05, 0) is 60.2 Å². The van der Waals surface area contributed by atoms with Gasteiger partial charge in [-0.3, -0.25) is 9.59 Å². The summed E-state index contributed by atoms with van der Waals surface area (Å²) in [5.41, 5.74) is 2.36. The molecule has 0 radical (unpaired) electrons. The lowest BCUT2D eigenvalue weighted by atomic mass is 10.1. The van der Waals surface area contributed by atoms with Crippen molar-refractivity contribution in [1.29, 1.82) is 0 Å². The lowest BCUT2D eigenvalue weighted by Crippen LogP contribution is -2.21. The Bertz CT molecular complexity index is 1030. The molecule has 0 aliphatic carbocycles. The average Bonchev–Trinajstić information content (AvgIpc) is 3.47. The first-order chi connectivity index (χ1) is 14.6. The summed E-state index contributed by atoms with van der Waals surface area (Å²) in [6.07, 6.45) is 2.15. The Morgan fingerprint density at radius 1 is 1.00 bits per heavy atom.